The van der Waals surface area contributed by atoms with Crippen LogP contribution >= 0.6 is 11.3 Å². The van der Waals surface area contributed by atoms with Crippen molar-refractivity contribution in [2.24, 2.45) is 5.92 Å². The van der Waals surface area contributed by atoms with E-state index in [4.69, 9.17) is 4.42 Å². The number of aromatic nitrogens is 2. The molecular weight excluding hydrogens is 340 g/mol. The van der Waals surface area contributed by atoms with Crippen LogP contribution in [0.15, 0.2) is 40.6 Å². The molecule has 2 amide bonds. The molecule has 8 heteroatoms. The van der Waals surface area contributed by atoms with Gasteiger partial charge in [-0.15, -0.1) is 11.3 Å². The first-order valence-corrected chi connectivity index (χ1v) is 9.10. The fraction of sp³-hybridized carbons (Fsp3) is 0.353. The Morgan fingerprint density at radius 1 is 1.36 bits per heavy atom. The summed E-state index contributed by atoms with van der Waals surface area (Å²) in [6.07, 6.45) is 6.70. The molecule has 0 bridgehead atoms. The zero-order valence-electron chi connectivity index (χ0n) is 13.6. The summed E-state index contributed by atoms with van der Waals surface area (Å²) < 4.78 is 7.10. The van der Waals surface area contributed by atoms with E-state index in [-0.39, 0.29) is 17.7 Å². The lowest BCUT2D eigenvalue weighted by Crippen LogP contribution is -2.42. The molecule has 1 saturated heterocycles. The van der Waals surface area contributed by atoms with Gasteiger partial charge in [-0.1, -0.05) is 0 Å². The van der Waals surface area contributed by atoms with Crippen molar-refractivity contribution in [1.29, 1.82) is 0 Å². The van der Waals surface area contributed by atoms with Gasteiger partial charge in [-0.3, -0.25) is 14.0 Å². The van der Waals surface area contributed by atoms with Gasteiger partial charge in [0, 0.05) is 36.8 Å². The van der Waals surface area contributed by atoms with Crippen molar-refractivity contribution in [3.05, 3.63) is 47.6 Å². The Morgan fingerprint density at radius 3 is 2.92 bits per heavy atom. The molecule has 25 heavy (non-hydrogen) atoms. The molecule has 0 aromatic carbocycles. The van der Waals surface area contributed by atoms with Gasteiger partial charge in [-0.2, -0.15) is 0 Å². The van der Waals surface area contributed by atoms with Crippen molar-refractivity contribution in [3.63, 3.8) is 0 Å². The molecule has 0 radical (unpaired) electrons. The molecule has 0 atom stereocenters. The highest BCUT2D eigenvalue weighted by atomic mass is 32.1. The third-order valence-electron chi connectivity index (χ3n) is 4.47. The number of imidazole rings is 1. The molecule has 0 spiro atoms. The van der Waals surface area contributed by atoms with Crippen molar-refractivity contribution in [1.82, 2.24) is 19.6 Å². The van der Waals surface area contributed by atoms with Gasteiger partial charge in [0.2, 0.25) is 5.91 Å². The molecule has 0 unspecified atom stereocenters. The van der Waals surface area contributed by atoms with E-state index in [9.17, 15) is 9.59 Å². The number of furan rings is 1. The second-order valence-corrected chi connectivity index (χ2v) is 6.96. The first-order chi connectivity index (χ1) is 12.2. The molecule has 3 aromatic heterocycles. The first kappa shape index (κ1) is 15.9. The number of hydrogen-bond acceptors (Lipinski definition) is 5. The van der Waals surface area contributed by atoms with Crippen molar-refractivity contribution in [2.75, 3.05) is 13.1 Å². The number of nitrogens with zero attached hydrogens (tertiary/aromatic N) is 3. The van der Waals surface area contributed by atoms with Crippen molar-refractivity contribution < 1.29 is 14.0 Å². The number of likely N-dealkylation sites (tertiary alicyclic amines) is 1. The molecule has 130 valence electrons. The molecular formula is C17H18N4O3S. The Balaban J connectivity index is 1.27. The lowest BCUT2D eigenvalue weighted by molar-refractivity contribution is -0.126. The summed E-state index contributed by atoms with van der Waals surface area (Å²) >= 11 is 1.57. The predicted octanol–water partition coefficient (Wildman–Crippen LogP) is 2.16. The highest BCUT2D eigenvalue weighted by Crippen LogP contribution is 2.20. The Labute approximate surface area is 148 Å². The maximum atomic E-state index is 12.4. The van der Waals surface area contributed by atoms with E-state index in [0.717, 1.165) is 10.7 Å². The summed E-state index contributed by atoms with van der Waals surface area (Å²) in [4.78, 5) is 31.7. The third kappa shape index (κ3) is 3.30. The second-order valence-electron chi connectivity index (χ2n) is 6.09. The van der Waals surface area contributed by atoms with Gasteiger partial charge in [-0.25, -0.2) is 4.98 Å². The second kappa shape index (κ2) is 6.72. The van der Waals surface area contributed by atoms with Gasteiger partial charge in [0.25, 0.3) is 5.91 Å². The molecule has 1 fully saturated rings. The smallest absolute Gasteiger partial charge is 0.289 e. The largest absolute Gasteiger partial charge is 0.459 e. The van der Waals surface area contributed by atoms with Crippen LogP contribution in [0.25, 0.3) is 4.96 Å². The first-order valence-electron chi connectivity index (χ1n) is 8.22. The van der Waals surface area contributed by atoms with Gasteiger partial charge in [0.15, 0.2) is 10.7 Å². The van der Waals surface area contributed by atoms with Gasteiger partial charge in [-0.05, 0) is 25.0 Å². The standard InChI is InChI=1S/C17H18N4O3S/c22-15(18-10-13-11-21-7-9-25-17(21)19-13)12-3-5-20(6-4-12)16(23)14-2-1-8-24-14/h1-2,7-9,11-12H,3-6,10H2,(H,18,22). The number of amides is 2. The summed E-state index contributed by atoms with van der Waals surface area (Å²) in [6, 6.07) is 3.37. The topological polar surface area (TPSA) is 79.9 Å². The van der Waals surface area contributed by atoms with Crippen molar-refractivity contribution in [2.45, 2.75) is 19.4 Å². The van der Waals surface area contributed by atoms with Gasteiger partial charge in [0.05, 0.1) is 18.5 Å². The van der Waals surface area contributed by atoms with E-state index >= 15 is 0 Å². The molecule has 4 rings (SSSR count). The normalized spacial score (nSPS) is 15.6. The van der Waals surface area contributed by atoms with Crippen molar-refractivity contribution >= 4 is 28.1 Å². The van der Waals surface area contributed by atoms with Gasteiger partial charge < -0.3 is 14.6 Å². The summed E-state index contributed by atoms with van der Waals surface area (Å²) in [5.74, 6) is 0.204. The van der Waals surface area contributed by atoms with Crippen LogP contribution in [-0.2, 0) is 11.3 Å². The number of thiazole rings is 1. The fourth-order valence-electron chi connectivity index (χ4n) is 3.08. The molecule has 1 aliphatic heterocycles. The molecule has 1 N–H and O–H groups in total. The maximum Gasteiger partial charge on any atom is 0.289 e. The number of hydrogen-bond donors (Lipinski definition) is 1. The van der Waals surface area contributed by atoms with E-state index in [1.807, 2.05) is 22.2 Å². The number of piperidine rings is 1. The average Bonchev–Trinajstić information content (AvgIpc) is 3.36. The van der Waals surface area contributed by atoms with Gasteiger partial charge in [0.1, 0.15) is 0 Å². The van der Waals surface area contributed by atoms with E-state index in [1.165, 1.54) is 6.26 Å². The molecule has 7 nitrogen and oxygen atoms in total. The quantitative estimate of drug-likeness (QED) is 0.775. The highest BCUT2D eigenvalue weighted by molar-refractivity contribution is 7.15. The van der Waals surface area contributed by atoms with Gasteiger partial charge >= 0.3 is 0 Å². The Hall–Kier alpha value is -2.61. The molecule has 0 saturated carbocycles. The number of fused-ring (bicyclic) bond motifs is 1. The molecule has 1 aliphatic rings. The van der Waals surface area contributed by atoms with Crippen LogP contribution < -0.4 is 5.32 Å². The summed E-state index contributed by atoms with van der Waals surface area (Å²) in [7, 11) is 0. The minimum absolute atomic E-state index is 0.0291. The number of carbonyl (C=O) groups is 2. The number of rotatable bonds is 4. The van der Waals surface area contributed by atoms with Crippen LogP contribution in [0, 0.1) is 5.92 Å². The van der Waals surface area contributed by atoms with E-state index in [1.54, 1.807) is 28.4 Å². The van der Waals surface area contributed by atoms with Crippen LogP contribution in [-0.4, -0.2) is 39.2 Å². The fourth-order valence-corrected chi connectivity index (χ4v) is 3.80. The highest BCUT2D eigenvalue weighted by Gasteiger charge is 2.28. The van der Waals surface area contributed by atoms with Crippen LogP contribution in [0.1, 0.15) is 29.1 Å². The minimum atomic E-state index is -0.109. The Bertz CT molecular complexity index is 846. The summed E-state index contributed by atoms with van der Waals surface area (Å²) in [6.45, 7) is 1.56. The third-order valence-corrected chi connectivity index (χ3v) is 5.24. The monoisotopic (exact) mass is 358 g/mol. The zero-order valence-corrected chi connectivity index (χ0v) is 14.4. The zero-order chi connectivity index (χ0) is 17.2. The lowest BCUT2D eigenvalue weighted by Gasteiger charge is -2.30. The van der Waals surface area contributed by atoms with E-state index in [0.29, 0.717) is 38.2 Å². The molecule has 0 aliphatic carbocycles. The van der Waals surface area contributed by atoms with Crippen molar-refractivity contribution in [3.8, 4) is 0 Å². The SMILES string of the molecule is O=C(NCc1cn2ccsc2n1)C1CCN(C(=O)c2ccco2)CC1. The minimum Gasteiger partial charge on any atom is -0.459 e. The van der Waals surface area contributed by atoms with Crippen LogP contribution in [0.3, 0.4) is 0 Å². The molecule has 4 heterocycles. The summed E-state index contributed by atoms with van der Waals surface area (Å²) in [5.41, 5.74) is 0.852. The van der Waals surface area contributed by atoms with E-state index < -0.39 is 0 Å². The van der Waals surface area contributed by atoms with Crippen LogP contribution in [0.5, 0.6) is 0 Å². The lowest BCUT2D eigenvalue weighted by atomic mass is 9.95. The van der Waals surface area contributed by atoms with Crippen LogP contribution in [0.4, 0.5) is 0 Å². The number of nitrogens with one attached hydrogen (secondary N) is 1. The maximum absolute atomic E-state index is 12.4. The Kier molecular flexibility index (Phi) is 4.27. The number of carbonyl (C=O) groups excluding carboxylic acids is 2. The summed E-state index contributed by atoms with van der Waals surface area (Å²) in [5, 5.41) is 4.93. The van der Waals surface area contributed by atoms with E-state index in [2.05, 4.69) is 10.3 Å². The predicted molar refractivity (Wildman–Crippen MR) is 92.3 cm³/mol. The Morgan fingerprint density at radius 2 is 2.20 bits per heavy atom. The van der Waals surface area contributed by atoms with Crippen LogP contribution in [0.2, 0.25) is 0 Å². The average molecular weight is 358 g/mol. The molecule has 3 aromatic rings.